The Bertz CT molecular complexity index is 616. The molecule has 20 heavy (non-hydrogen) atoms. The zero-order chi connectivity index (χ0) is 14.7. The average molecular weight is 342 g/mol. The van der Waals surface area contributed by atoms with Gasteiger partial charge in [-0.1, -0.05) is 0 Å². The van der Waals surface area contributed by atoms with E-state index in [1.807, 2.05) is 19.2 Å². The molecule has 2 rings (SSSR count). The highest BCUT2D eigenvalue weighted by Gasteiger charge is 2.16. The third-order valence-corrected chi connectivity index (χ3v) is 3.51. The van der Waals surface area contributed by atoms with E-state index >= 15 is 0 Å². The summed E-state index contributed by atoms with van der Waals surface area (Å²) in [5.74, 6) is -1.79. The maximum Gasteiger partial charge on any atom is 0.336 e. The van der Waals surface area contributed by atoms with Crippen molar-refractivity contribution in [2.45, 2.75) is 19.5 Å². The highest BCUT2D eigenvalue weighted by Crippen LogP contribution is 2.27. The molecule has 5 nitrogen and oxygen atoms in total. The molecule has 0 aliphatic rings. The molecule has 1 unspecified atom stereocenters. The molecule has 1 aromatic heterocycles. The van der Waals surface area contributed by atoms with Gasteiger partial charge in [-0.05, 0) is 41.1 Å². The Balaban J connectivity index is 2.13. The van der Waals surface area contributed by atoms with Crippen molar-refractivity contribution < 1.29 is 14.3 Å². The predicted molar refractivity (Wildman–Crippen MR) is 76.4 cm³/mol. The van der Waals surface area contributed by atoms with Gasteiger partial charge < -0.3 is 10.4 Å². The highest BCUT2D eigenvalue weighted by molar-refractivity contribution is 9.10. The third-order valence-electron chi connectivity index (χ3n) is 2.73. The van der Waals surface area contributed by atoms with Crippen molar-refractivity contribution in [1.29, 1.82) is 0 Å². The summed E-state index contributed by atoms with van der Waals surface area (Å²) in [7, 11) is 0. The normalized spacial score (nSPS) is 12.2. The SMILES string of the molecule is CC(Cn1cccn1)Nc1ccc(C(=O)O)c(Br)c1F. The minimum Gasteiger partial charge on any atom is -0.478 e. The largest absolute Gasteiger partial charge is 0.478 e. The van der Waals surface area contributed by atoms with Crippen molar-refractivity contribution in [2.24, 2.45) is 0 Å². The molecule has 0 saturated heterocycles. The summed E-state index contributed by atoms with van der Waals surface area (Å²) in [4.78, 5) is 10.9. The minimum atomic E-state index is -1.17. The van der Waals surface area contributed by atoms with E-state index in [-0.39, 0.29) is 21.8 Å². The molecule has 1 atom stereocenters. The summed E-state index contributed by atoms with van der Waals surface area (Å²) in [6.07, 6.45) is 3.49. The quantitative estimate of drug-likeness (QED) is 0.877. The first-order chi connectivity index (χ1) is 9.49. The number of halogens is 2. The van der Waals surface area contributed by atoms with Crippen LogP contribution < -0.4 is 5.32 Å². The Hall–Kier alpha value is -1.89. The van der Waals surface area contributed by atoms with E-state index in [0.29, 0.717) is 6.54 Å². The number of hydrogen-bond donors (Lipinski definition) is 2. The number of carbonyl (C=O) groups is 1. The van der Waals surface area contributed by atoms with Gasteiger partial charge in [0.15, 0.2) is 5.82 Å². The van der Waals surface area contributed by atoms with Crippen LogP contribution in [0.1, 0.15) is 17.3 Å². The molecule has 0 aliphatic carbocycles. The van der Waals surface area contributed by atoms with Crippen LogP contribution in [-0.2, 0) is 6.54 Å². The first-order valence-electron chi connectivity index (χ1n) is 5.94. The van der Waals surface area contributed by atoms with E-state index in [1.165, 1.54) is 12.1 Å². The molecule has 1 aromatic carbocycles. The van der Waals surface area contributed by atoms with E-state index in [9.17, 15) is 9.18 Å². The van der Waals surface area contributed by atoms with Crippen molar-refractivity contribution in [3.63, 3.8) is 0 Å². The first kappa shape index (κ1) is 14.5. The third kappa shape index (κ3) is 3.16. The van der Waals surface area contributed by atoms with Gasteiger partial charge in [0.2, 0.25) is 0 Å². The summed E-state index contributed by atoms with van der Waals surface area (Å²) in [5.41, 5.74) is 0.148. The Morgan fingerprint density at radius 2 is 2.35 bits per heavy atom. The Morgan fingerprint density at radius 3 is 2.95 bits per heavy atom. The molecule has 1 heterocycles. The Kier molecular flexibility index (Phi) is 4.39. The van der Waals surface area contributed by atoms with Gasteiger partial charge in [-0.2, -0.15) is 5.10 Å². The number of aromatic carboxylic acids is 1. The fourth-order valence-corrected chi connectivity index (χ4v) is 2.34. The molecule has 0 amide bonds. The number of nitrogens with zero attached hydrogens (tertiary/aromatic N) is 2. The maximum atomic E-state index is 14.1. The molecule has 0 saturated carbocycles. The first-order valence-corrected chi connectivity index (χ1v) is 6.73. The van der Waals surface area contributed by atoms with E-state index < -0.39 is 11.8 Å². The topological polar surface area (TPSA) is 67.2 Å². The second-order valence-electron chi connectivity index (χ2n) is 4.37. The van der Waals surface area contributed by atoms with Gasteiger partial charge in [-0.3, -0.25) is 4.68 Å². The summed E-state index contributed by atoms with van der Waals surface area (Å²) >= 11 is 2.97. The second-order valence-corrected chi connectivity index (χ2v) is 5.16. The highest BCUT2D eigenvalue weighted by atomic mass is 79.9. The van der Waals surface area contributed by atoms with E-state index in [2.05, 4.69) is 26.3 Å². The zero-order valence-corrected chi connectivity index (χ0v) is 12.3. The molecule has 2 aromatic rings. The lowest BCUT2D eigenvalue weighted by Gasteiger charge is -2.17. The predicted octanol–water partition coefficient (Wildman–Crippen LogP) is 2.98. The number of carboxylic acid groups (broad SMARTS) is 1. The zero-order valence-electron chi connectivity index (χ0n) is 10.7. The van der Waals surface area contributed by atoms with Crippen LogP contribution in [0.5, 0.6) is 0 Å². The number of benzene rings is 1. The summed E-state index contributed by atoms with van der Waals surface area (Å²) in [6, 6.07) is 4.53. The van der Waals surface area contributed by atoms with Crippen LogP contribution in [0.3, 0.4) is 0 Å². The van der Waals surface area contributed by atoms with E-state index in [4.69, 9.17) is 5.11 Å². The van der Waals surface area contributed by atoms with Crippen LogP contribution in [0.2, 0.25) is 0 Å². The Morgan fingerprint density at radius 1 is 1.60 bits per heavy atom. The molecule has 106 valence electrons. The Labute approximate surface area is 123 Å². The molecule has 7 heteroatoms. The molecule has 2 N–H and O–H groups in total. The van der Waals surface area contributed by atoms with Crippen LogP contribution in [0, 0.1) is 5.82 Å². The second kappa shape index (κ2) is 6.04. The summed E-state index contributed by atoms with van der Waals surface area (Å²) in [6.45, 7) is 2.46. The average Bonchev–Trinajstić information content (AvgIpc) is 2.87. The van der Waals surface area contributed by atoms with Gasteiger partial charge in [-0.15, -0.1) is 0 Å². The number of anilines is 1. The van der Waals surface area contributed by atoms with Crippen LogP contribution in [-0.4, -0.2) is 26.9 Å². The number of nitrogens with one attached hydrogen (secondary N) is 1. The van der Waals surface area contributed by atoms with Gasteiger partial charge in [-0.25, -0.2) is 9.18 Å². The van der Waals surface area contributed by atoms with Gasteiger partial charge >= 0.3 is 5.97 Å². The molecule has 0 aliphatic heterocycles. The number of hydrogen-bond acceptors (Lipinski definition) is 3. The lowest BCUT2D eigenvalue weighted by atomic mass is 10.2. The molecule has 0 spiro atoms. The van der Waals surface area contributed by atoms with E-state index in [0.717, 1.165) is 0 Å². The monoisotopic (exact) mass is 341 g/mol. The molecular formula is C13H13BrFN3O2. The van der Waals surface area contributed by atoms with Gasteiger partial charge in [0.25, 0.3) is 0 Å². The van der Waals surface area contributed by atoms with E-state index in [1.54, 1.807) is 10.9 Å². The van der Waals surface area contributed by atoms with Crippen molar-refractivity contribution >= 4 is 27.6 Å². The fourth-order valence-electron chi connectivity index (χ4n) is 1.83. The standard InChI is InChI=1S/C13H13BrFN3O2/c1-8(7-18-6-2-5-16-18)17-10-4-3-9(13(19)20)11(14)12(10)15/h2-6,8,17H,7H2,1H3,(H,19,20). The molecular weight excluding hydrogens is 329 g/mol. The lowest BCUT2D eigenvalue weighted by molar-refractivity contribution is 0.0695. The van der Waals surface area contributed by atoms with Crippen LogP contribution >= 0.6 is 15.9 Å². The number of rotatable bonds is 5. The van der Waals surface area contributed by atoms with Crippen LogP contribution in [0.25, 0.3) is 0 Å². The van der Waals surface area contributed by atoms with Crippen molar-refractivity contribution in [2.75, 3.05) is 5.32 Å². The molecule has 0 radical (unpaired) electrons. The van der Waals surface area contributed by atoms with Crippen molar-refractivity contribution in [3.05, 3.63) is 46.4 Å². The maximum absolute atomic E-state index is 14.1. The van der Waals surface area contributed by atoms with Gasteiger partial charge in [0.1, 0.15) is 0 Å². The smallest absolute Gasteiger partial charge is 0.336 e. The lowest BCUT2D eigenvalue weighted by Crippen LogP contribution is -2.23. The summed E-state index contributed by atoms with van der Waals surface area (Å²) < 4.78 is 15.7. The summed E-state index contributed by atoms with van der Waals surface area (Å²) in [5, 5.41) is 16.0. The molecule has 0 bridgehead atoms. The van der Waals surface area contributed by atoms with Gasteiger partial charge in [0, 0.05) is 18.4 Å². The van der Waals surface area contributed by atoms with Crippen molar-refractivity contribution in [3.8, 4) is 0 Å². The fraction of sp³-hybridized carbons (Fsp3) is 0.231. The molecule has 0 fully saturated rings. The van der Waals surface area contributed by atoms with Crippen molar-refractivity contribution in [1.82, 2.24) is 9.78 Å². The van der Waals surface area contributed by atoms with Crippen LogP contribution in [0.15, 0.2) is 35.1 Å². The minimum absolute atomic E-state index is 0.0544. The number of aromatic nitrogens is 2. The van der Waals surface area contributed by atoms with Crippen LogP contribution in [0.4, 0.5) is 10.1 Å². The number of carboxylic acids is 1. The van der Waals surface area contributed by atoms with Gasteiger partial charge in [0.05, 0.1) is 22.3 Å².